The molecule has 0 saturated carbocycles. The minimum absolute atomic E-state index is 0.115. The SMILES string of the molecule is [N-]=C=C(N=O)S(=O)(=O)c1ccccc1. The van der Waals surface area contributed by atoms with Gasteiger partial charge in [-0.2, -0.15) is 0 Å². The van der Waals surface area contributed by atoms with E-state index >= 15 is 0 Å². The molecule has 72 valence electrons. The van der Waals surface area contributed by atoms with E-state index < -0.39 is 14.9 Å². The summed E-state index contributed by atoms with van der Waals surface area (Å²) < 4.78 is 22.9. The molecule has 0 heterocycles. The summed E-state index contributed by atoms with van der Waals surface area (Å²) in [5.74, 6) is 1.24. The van der Waals surface area contributed by atoms with Gasteiger partial charge >= 0.3 is 0 Å². The molecule has 6 heteroatoms. The van der Waals surface area contributed by atoms with Gasteiger partial charge in [-0.3, -0.25) is 0 Å². The normalized spacial score (nSPS) is 10.3. The molecule has 0 unspecified atom stereocenters. The van der Waals surface area contributed by atoms with Crippen LogP contribution < -0.4 is 0 Å². The molecule has 5 nitrogen and oxygen atoms in total. The van der Waals surface area contributed by atoms with Gasteiger partial charge in [-0.15, -0.1) is 4.91 Å². The van der Waals surface area contributed by atoms with Crippen molar-refractivity contribution in [3.8, 4) is 0 Å². The van der Waals surface area contributed by atoms with Crippen molar-refractivity contribution in [2.24, 2.45) is 5.18 Å². The zero-order chi connectivity index (χ0) is 10.6. The topological polar surface area (TPSA) is 85.9 Å². The number of sulfone groups is 1. The summed E-state index contributed by atoms with van der Waals surface area (Å²) in [6.45, 7) is 0. The molecule has 0 aliphatic carbocycles. The summed E-state index contributed by atoms with van der Waals surface area (Å²) in [6, 6.07) is 7.19. The van der Waals surface area contributed by atoms with Crippen LogP contribution >= 0.6 is 0 Å². The second-order valence-electron chi connectivity index (χ2n) is 2.32. The van der Waals surface area contributed by atoms with Crippen molar-refractivity contribution in [3.05, 3.63) is 45.7 Å². The van der Waals surface area contributed by atoms with E-state index in [0.29, 0.717) is 0 Å². The van der Waals surface area contributed by atoms with Crippen LogP contribution in [-0.4, -0.2) is 14.3 Å². The predicted molar refractivity (Wildman–Crippen MR) is 51.3 cm³/mol. The molecule has 0 aliphatic heterocycles. The summed E-state index contributed by atoms with van der Waals surface area (Å²) in [7, 11) is -4.02. The zero-order valence-electron chi connectivity index (χ0n) is 6.91. The third kappa shape index (κ3) is 1.76. The molecule has 1 rings (SSSR count). The first kappa shape index (κ1) is 10.3. The van der Waals surface area contributed by atoms with Crippen LogP contribution in [0.2, 0.25) is 0 Å². The Morgan fingerprint density at radius 2 is 1.86 bits per heavy atom. The minimum Gasteiger partial charge on any atom is -0.761 e. The maximum absolute atomic E-state index is 11.4. The largest absolute Gasteiger partial charge is 0.761 e. The van der Waals surface area contributed by atoms with Gasteiger partial charge in [0, 0.05) is 0 Å². The van der Waals surface area contributed by atoms with E-state index in [1.807, 2.05) is 0 Å². The third-order valence-corrected chi connectivity index (χ3v) is 3.05. The van der Waals surface area contributed by atoms with Gasteiger partial charge in [-0.1, -0.05) is 18.2 Å². The van der Waals surface area contributed by atoms with Crippen LogP contribution in [-0.2, 0) is 9.84 Å². The summed E-state index contributed by atoms with van der Waals surface area (Å²) >= 11 is 0. The molecule has 1 aromatic carbocycles. The maximum atomic E-state index is 11.4. The van der Waals surface area contributed by atoms with Crippen molar-refractivity contribution >= 4 is 15.7 Å². The van der Waals surface area contributed by atoms with Crippen LogP contribution in [0, 0.1) is 4.91 Å². The van der Waals surface area contributed by atoms with Gasteiger partial charge in [0.2, 0.25) is 14.9 Å². The van der Waals surface area contributed by atoms with Gasteiger partial charge in [0.1, 0.15) is 0 Å². The van der Waals surface area contributed by atoms with E-state index in [2.05, 4.69) is 5.18 Å². The first-order valence-electron chi connectivity index (χ1n) is 3.53. The summed E-state index contributed by atoms with van der Waals surface area (Å²) in [6.07, 6.45) is 0. The van der Waals surface area contributed by atoms with Crippen LogP contribution in [0.25, 0.3) is 5.41 Å². The number of nitroso groups, excluding NO2 is 1. The molecule has 0 radical (unpaired) electrons. The Labute approximate surface area is 80.5 Å². The molecule has 0 atom stereocenters. The average Bonchev–Trinajstić information content (AvgIpc) is 2.20. The average molecular weight is 209 g/mol. The molecule has 0 amide bonds. The van der Waals surface area contributed by atoms with E-state index in [4.69, 9.17) is 5.41 Å². The Balaban J connectivity index is 3.37. The number of benzene rings is 1. The first-order chi connectivity index (χ1) is 6.62. The molecule has 0 aliphatic rings. The molecule has 0 N–H and O–H groups in total. The van der Waals surface area contributed by atoms with Gasteiger partial charge in [0.25, 0.3) is 0 Å². The number of nitrogens with zero attached hydrogens (tertiary/aromatic N) is 2. The molecular weight excluding hydrogens is 204 g/mol. The lowest BCUT2D eigenvalue weighted by molar-refractivity contribution is 0.602. The van der Waals surface area contributed by atoms with Crippen LogP contribution in [0.15, 0.2) is 45.4 Å². The van der Waals surface area contributed by atoms with Gasteiger partial charge in [0.15, 0.2) is 0 Å². The summed E-state index contributed by atoms with van der Waals surface area (Å²) in [5.41, 5.74) is 0. The summed E-state index contributed by atoms with van der Waals surface area (Å²) in [5, 5.41) is 9.51. The lowest BCUT2D eigenvalue weighted by Gasteiger charge is -2.00. The lowest BCUT2D eigenvalue weighted by atomic mass is 10.4. The van der Waals surface area contributed by atoms with Gasteiger partial charge < -0.3 is 5.41 Å². The lowest BCUT2D eigenvalue weighted by Crippen LogP contribution is -2.02. The fourth-order valence-electron chi connectivity index (χ4n) is 0.841. The van der Waals surface area contributed by atoms with E-state index in [0.717, 1.165) is 0 Å². The highest BCUT2D eigenvalue weighted by Crippen LogP contribution is 2.17. The molecule has 1 aromatic rings. The van der Waals surface area contributed by atoms with Crippen LogP contribution in [0.4, 0.5) is 0 Å². The fraction of sp³-hybridized carbons (Fsp3) is 0. The van der Waals surface area contributed by atoms with Crippen molar-refractivity contribution in [1.29, 1.82) is 0 Å². The van der Waals surface area contributed by atoms with Crippen molar-refractivity contribution in [1.82, 2.24) is 0 Å². The second kappa shape index (κ2) is 3.95. The van der Waals surface area contributed by atoms with Crippen molar-refractivity contribution in [2.75, 3.05) is 0 Å². The quantitative estimate of drug-likeness (QED) is 0.555. The van der Waals surface area contributed by atoms with Crippen molar-refractivity contribution < 1.29 is 8.42 Å². The number of hydrogen-bond acceptors (Lipinski definition) is 4. The molecular formula is C8H5N2O3S-. The highest BCUT2D eigenvalue weighted by molar-refractivity contribution is 7.95. The molecule has 0 fully saturated rings. The maximum Gasteiger partial charge on any atom is 0.233 e. The van der Waals surface area contributed by atoms with Gasteiger partial charge in [-0.25, -0.2) is 14.3 Å². The van der Waals surface area contributed by atoms with Gasteiger partial charge in [-0.05, 0) is 17.3 Å². The van der Waals surface area contributed by atoms with E-state index in [1.54, 1.807) is 6.07 Å². The van der Waals surface area contributed by atoms with E-state index in [9.17, 15) is 13.3 Å². The number of hydrogen-bond donors (Lipinski definition) is 0. The molecule has 14 heavy (non-hydrogen) atoms. The molecule has 0 aromatic heterocycles. The Morgan fingerprint density at radius 3 is 2.29 bits per heavy atom. The molecule has 0 saturated heterocycles. The molecule has 0 bridgehead atoms. The van der Waals surface area contributed by atoms with Crippen molar-refractivity contribution in [2.45, 2.75) is 4.90 Å². The first-order valence-corrected chi connectivity index (χ1v) is 5.02. The fourth-order valence-corrected chi connectivity index (χ4v) is 1.80. The molecule has 0 spiro atoms. The highest BCUT2D eigenvalue weighted by Gasteiger charge is 2.19. The van der Waals surface area contributed by atoms with Crippen LogP contribution in [0.3, 0.4) is 0 Å². The van der Waals surface area contributed by atoms with E-state index in [-0.39, 0.29) is 4.90 Å². The Hall–Kier alpha value is -1.78. The third-order valence-electron chi connectivity index (χ3n) is 1.49. The Bertz CT molecular complexity index is 487. The standard InChI is InChI=1S/C8H5N2O3S/c9-6-8(10-11)14(12,13)7-4-2-1-3-5-7/h1-5H/q-1. The highest BCUT2D eigenvalue weighted by atomic mass is 32.2. The van der Waals surface area contributed by atoms with Crippen LogP contribution in [0.1, 0.15) is 0 Å². The predicted octanol–water partition coefficient (Wildman–Crippen LogP) is 1.31. The van der Waals surface area contributed by atoms with Gasteiger partial charge in [0.05, 0.1) is 4.90 Å². The van der Waals surface area contributed by atoms with Crippen LogP contribution in [0.5, 0.6) is 0 Å². The van der Waals surface area contributed by atoms with E-state index in [1.165, 1.54) is 30.1 Å². The Morgan fingerprint density at radius 1 is 1.29 bits per heavy atom. The monoisotopic (exact) mass is 209 g/mol. The number of rotatable bonds is 3. The smallest absolute Gasteiger partial charge is 0.233 e. The Kier molecular flexibility index (Phi) is 2.91. The zero-order valence-corrected chi connectivity index (χ0v) is 7.73. The second-order valence-corrected chi connectivity index (χ2v) is 4.19. The van der Waals surface area contributed by atoms with Crippen molar-refractivity contribution in [3.63, 3.8) is 0 Å². The minimum atomic E-state index is -4.02. The summed E-state index contributed by atoms with van der Waals surface area (Å²) in [4.78, 5) is 9.95.